The molecular formula is C18H27F3N2O. The molecule has 24 heavy (non-hydrogen) atoms. The van der Waals surface area contributed by atoms with E-state index in [1.807, 2.05) is 6.07 Å². The van der Waals surface area contributed by atoms with Crippen molar-refractivity contribution in [2.45, 2.75) is 63.5 Å². The summed E-state index contributed by atoms with van der Waals surface area (Å²) in [7, 11) is 4.12. The summed E-state index contributed by atoms with van der Waals surface area (Å²) in [5.41, 5.74) is 0.923. The average Bonchev–Trinajstić information content (AvgIpc) is 2.45. The lowest BCUT2D eigenvalue weighted by Crippen LogP contribution is -2.52. The van der Waals surface area contributed by atoms with Crippen molar-refractivity contribution in [3.63, 3.8) is 0 Å². The quantitative estimate of drug-likeness (QED) is 0.868. The van der Waals surface area contributed by atoms with Gasteiger partial charge >= 0.3 is 6.36 Å². The van der Waals surface area contributed by atoms with E-state index in [9.17, 15) is 13.2 Å². The van der Waals surface area contributed by atoms with E-state index in [1.165, 1.54) is 12.1 Å². The van der Waals surface area contributed by atoms with Gasteiger partial charge in [-0.05, 0) is 57.0 Å². The molecule has 0 saturated heterocycles. The summed E-state index contributed by atoms with van der Waals surface area (Å²) in [5.74, 6) is 0.114. The fraction of sp³-hybridized carbons (Fsp3) is 0.667. The number of rotatable bonds is 5. The lowest BCUT2D eigenvalue weighted by molar-refractivity contribution is -0.274. The van der Waals surface area contributed by atoms with Crippen LogP contribution in [-0.2, 0) is 0 Å². The van der Waals surface area contributed by atoms with Gasteiger partial charge in [0.1, 0.15) is 5.75 Å². The third-order valence-corrected chi connectivity index (χ3v) is 4.59. The fourth-order valence-corrected chi connectivity index (χ4v) is 3.61. The van der Waals surface area contributed by atoms with Crippen LogP contribution in [0.5, 0.6) is 5.75 Å². The number of nitrogens with one attached hydrogen (secondary N) is 1. The Kier molecular flexibility index (Phi) is 6.15. The minimum Gasteiger partial charge on any atom is -0.406 e. The van der Waals surface area contributed by atoms with Gasteiger partial charge in [-0.15, -0.1) is 13.2 Å². The van der Waals surface area contributed by atoms with Crippen LogP contribution in [0.15, 0.2) is 24.3 Å². The maximum atomic E-state index is 12.4. The molecule has 1 saturated carbocycles. The van der Waals surface area contributed by atoms with Gasteiger partial charge < -0.3 is 15.0 Å². The average molecular weight is 344 g/mol. The van der Waals surface area contributed by atoms with Gasteiger partial charge in [0.2, 0.25) is 0 Å². The monoisotopic (exact) mass is 344 g/mol. The van der Waals surface area contributed by atoms with Gasteiger partial charge in [-0.1, -0.05) is 26.0 Å². The molecule has 0 spiro atoms. The zero-order valence-corrected chi connectivity index (χ0v) is 14.7. The van der Waals surface area contributed by atoms with E-state index in [2.05, 4.69) is 42.9 Å². The Bertz CT molecular complexity index is 531. The molecule has 1 fully saturated rings. The predicted octanol–water partition coefficient (Wildman–Crippen LogP) is 4.15. The SMILES string of the molecule is CC(C)N[C@H]1CC[C@H](c2cccc(OC(F)(F)F)c2)C[C@@H]1N(C)C. The lowest BCUT2D eigenvalue weighted by Gasteiger charge is -2.41. The van der Waals surface area contributed by atoms with E-state index in [4.69, 9.17) is 0 Å². The summed E-state index contributed by atoms with van der Waals surface area (Å²) in [6.07, 6.45) is -1.75. The first-order valence-corrected chi connectivity index (χ1v) is 8.44. The molecule has 3 nitrogen and oxygen atoms in total. The molecule has 0 aliphatic heterocycles. The summed E-state index contributed by atoms with van der Waals surface area (Å²) < 4.78 is 41.3. The Labute approximate surface area is 142 Å². The summed E-state index contributed by atoms with van der Waals surface area (Å²) in [6, 6.07) is 7.60. The summed E-state index contributed by atoms with van der Waals surface area (Å²) in [5, 5.41) is 3.61. The topological polar surface area (TPSA) is 24.5 Å². The molecule has 0 unspecified atom stereocenters. The van der Waals surface area contributed by atoms with Gasteiger partial charge in [-0.3, -0.25) is 0 Å². The predicted molar refractivity (Wildman–Crippen MR) is 89.3 cm³/mol. The van der Waals surface area contributed by atoms with Crippen molar-refractivity contribution in [3.05, 3.63) is 29.8 Å². The zero-order valence-electron chi connectivity index (χ0n) is 14.7. The molecular weight excluding hydrogens is 317 g/mol. The summed E-state index contributed by atoms with van der Waals surface area (Å²) in [4.78, 5) is 2.21. The minimum atomic E-state index is -4.65. The molecule has 1 aromatic rings. The summed E-state index contributed by atoms with van der Waals surface area (Å²) in [6.45, 7) is 4.27. The minimum absolute atomic E-state index is 0.135. The molecule has 1 aliphatic carbocycles. The third-order valence-electron chi connectivity index (χ3n) is 4.59. The smallest absolute Gasteiger partial charge is 0.406 e. The maximum absolute atomic E-state index is 12.4. The number of hydrogen-bond donors (Lipinski definition) is 1. The normalized spacial score (nSPS) is 25.3. The highest BCUT2D eigenvalue weighted by atomic mass is 19.4. The molecule has 0 radical (unpaired) electrons. The second-order valence-corrected chi connectivity index (χ2v) is 7.09. The van der Waals surface area contributed by atoms with Crippen molar-refractivity contribution in [2.75, 3.05) is 14.1 Å². The molecule has 1 aromatic carbocycles. The molecule has 3 atom stereocenters. The van der Waals surface area contributed by atoms with Crippen molar-refractivity contribution in [3.8, 4) is 5.75 Å². The van der Waals surface area contributed by atoms with E-state index in [-0.39, 0.29) is 11.7 Å². The van der Waals surface area contributed by atoms with Crippen molar-refractivity contribution in [2.24, 2.45) is 0 Å². The van der Waals surface area contributed by atoms with E-state index in [0.717, 1.165) is 24.8 Å². The van der Waals surface area contributed by atoms with Gasteiger partial charge in [0.15, 0.2) is 0 Å². The third kappa shape index (κ3) is 5.38. The van der Waals surface area contributed by atoms with Crippen LogP contribution in [0.3, 0.4) is 0 Å². The number of nitrogens with zero attached hydrogens (tertiary/aromatic N) is 1. The zero-order chi connectivity index (χ0) is 17.9. The van der Waals surface area contributed by atoms with Crippen molar-refractivity contribution in [1.82, 2.24) is 10.2 Å². The number of alkyl halides is 3. The first-order valence-electron chi connectivity index (χ1n) is 8.44. The Balaban J connectivity index is 2.11. The second-order valence-electron chi connectivity index (χ2n) is 7.09. The largest absolute Gasteiger partial charge is 0.573 e. The van der Waals surface area contributed by atoms with Crippen molar-refractivity contribution < 1.29 is 17.9 Å². The lowest BCUT2D eigenvalue weighted by atomic mass is 9.78. The Morgan fingerprint density at radius 3 is 2.50 bits per heavy atom. The number of halogens is 3. The highest BCUT2D eigenvalue weighted by Gasteiger charge is 2.34. The molecule has 0 heterocycles. The number of likely N-dealkylation sites (N-methyl/N-ethyl adjacent to an activating group) is 1. The molecule has 0 bridgehead atoms. The van der Waals surface area contributed by atoms with Gasteiger partial charge in [0.25, 0.3) is 0 Å². The summed E-state index contributed by atoms with van der Waals surface area (Å²) >= 11 is 0. The first kappa shape index (κ1) is 19.1. The maximum Gasteiger partial charge on any atom is 0.573 e. The Hall–Kier alpha value is -1.27. The van der Waals surface area contributed by atoms with Crippen molar-refractivity contribution >= 4 is 0 Å². The van der Waals surface area contributed by atoms with Gasteiger partial charge in [-0.25, -0.2) is 0 Å². The standard InChI is InChI=1S/C18H27F3N2O/c1-12(2)22-16-9-8-14(11-17(16)23(3)4)13-6-5-7-15(10-13)24-18(19,20)21/h5-7,10,12,14,16-17,22H,8-9,11H2,1-4H3/t14-,16-,17-/m0/s1. The van der Waals surface area contributed by atoms with Crippen LogP contribution in [-0.4, -0.2) is 43.5 Å². The van der Waals surface area contributed by atoms with Crippen LogP contribution in [0.2, 0.25) is 0 Å². The van der Waals surface area contributed by atoms with Crippen molar-refractivity contribution in [1.29, 1.82) is 0 Å². The van der Waals surface area contributed by atoms with Gasteiger partial charge in [0, 0.05) is 18.1 Å². The van der Waals surface area contributed by atoms with Crippen LogP contribution in [0.1, 0.15) is 44.6 Å². The van der Waals surface area contributed by atoms with Gasteiger partial charge in [-0.2, -0.15) is 0 Å². The molecule has 136 valence electrons. The highest BCUT2D eigenvalue weighted by molar-refractivity contribution is 5.31. The van der Waals surface area contributed by atoms with Gasteiger partial charge in [0.05, 0.1) is 0 Å². The van der Waals surface area contributed by atoms with E-state index >= 15 is 0 Å². The fourth-order valence-electron chi connectivity index (χ4n) is 3.61. The molecule has 1 aliphatic rings. The Morgan fingerprint density at radius 1 is 1.21 bits per heavy atom. The molecule has 6 heteroatoms. The molecule has 0 amide bonds. The van der Waals surface area contributed by atoms with Crippen LogP contribution in [0, 0.1) is 0 Å². The first-order chi connectivity index (χ1) is 11.2. The van der Waals surface area contributed by atoms with Crippen LogP contribution in [0.25, 0.3) is 0 Å². The van der Waals surface area contributed by atoms with E-state index in [0.29, 0.717) is 18.1 Å². The van der Waals surface area contributed by atoms with E-state index < -0.39 is 6.36 Å². The van der Waals surface area contributed by atoms with Crippen LogP contribution < -0.4 is 10.1 Å². The molecule has 1 N–H and O–H groups in total. The number of ether oxygens (including phenoxy) is 1. The number of benzene rings is 1. The Morgan fingerprint density at radius 2 is 1.92 bits per heavy atom. The number of hydrogen-bond acceptors (Lipinski definition) is 3. The highest BCUT2D eigenvalue weighted by Crippen LogP contribution is 2.36. The molecule has 0 aromatic heterocycles. The second kappa shape index (κ2) is 7.74. The van der Waals surface area contributed by atoms with E-state index in [1.54, 1.807) is 6.07 Å². The van der Waals surface area contributed by atoms with Crippen LogP contribution in [0.4, 0.5) is 13.2 Å². The molecule has 2 rings (SSSR count). The van der Waals surface area contributed by atoms with Crippen LogP contribution >= 0.6 is 0 Å².